The summed E-state index contributed by atoms with van der Waals surface area (Å²) in [4.78, 5) is 22.3. The van der Waals surface area contributed by atoms with Gasteiger partial charge in [0.15, 0.2) is 0 Å². The summed E-state index contributed by atoms with van der Waals surface area (Å²) in [5, 5.41) is 13.4. The molecule has 3 N–H and O–H groups in total. The quantitative estimate of drug-likeness (QED) is 0.509. The predicted molar refractivity (Wildman–Crippen MR) is 76.6 cm³/mol. The second-order valence-corrected chi connectivity index (χ2v) is 4.32. The lowest BCUT2D eigenvalue weighted by atomic mass is 10.1. The number of amides is 1. The Morgan fingerprint density at radius 1 is 1.20 bits per heavy atom. The number of carbonyl (C=O) groups is 1. The first kappa shape index (κ1) is 13.5. The van der Waals surface area contributed by atoms with Crippen molar-refractivity contribution in [2.75, 3.05) is 11.1 Å². The van der Waals surface area contributed by atoms with E-state index in [0.717, 1.165) is 5.56 Å². The van der Waals surface area contributed by atoms with Crippen LogP contribution in [0.2, 0.25) is 0 Å². The van der Waals surface area contributed by atoms with E-state index >= 15 is 0 Å². The molecular formula is C14H13N3O3. The second kappa shape index (κ2) is 5.40. The van der Waals surface area contributed by atoms with Gasteiger partial charge >= 0.3 is 0 Å². The molecule has 0 unspecified atom stereocenters. The number of nitrogens with one attached hydrogen (secondary N) is 1. The predicted octanol–water partition coefficient (Wildman–Crippen LogP) is 2.74. The number of nitrogen functional groups attached to an aromatic ring is 1. The van der Waals surface area contributed by atoms with Gasteiger partial charge in [-0.05, 0) is 25.1 Å². The number of hydrogen-bond acceptors (Lipinski definition) is 4. The Hall–Kier alpha value is -2.89. The Balaban J connectivity index is 2.28. The zero-order chi connectivity index (χ0) is 14.7. The lowest BCUT2D eigenvalue weighted by Crippen LogP contribution is -2.14. The molecule has 0 aromatic heterocycles. The van der Waals surface area contributed by atoms with Gasteiger partial charge in [-0.25, -0.2) is 0 Å². The van der Waals surface area contributed by atoms with Crippen LogP contribution in [0.15, 0.2) is 42.5 Å². The van der Waals surface area contributed by atoms with Crippen molar-refractivity contribution in [3.8, 4) is 0 Å². The van der Waals surface area contributed by atoms with Crippen molar-refractivity contribution in [1.29, 1.82) is 0 Å². The lowest BCUT2D eigenvalue weighted by molar-refractivity contribution is -0.383. The number of nitrogens with two attached hydrogens (primary N) is 1. The minimum absolute atomic E-state index is 0.0831. The number of nitro groups is 1. The molecule has 2 aromatic carbocycles. The van der Waals surface area contributed by atoms with Gasteiger partial charge in [0.05, 0.1) is 10.5 Å². The van der Waals surface area contributed by atoms with Gasteiger partial charge in [-0.2, -0.15) is 0 Å². The summed E-state index contributed by atoms with van der Waals surface area (Å²) in [6, 6.07) is 11.3. The Morgan fingerprint density at radius 3 is 2.45 bits per heavy atom. The van der Waals surface area contributed by atoms with E-state index in [1.54, 1.807) is 12.1 Å². The average Bonchev–Trinajstić information content (AvgIpc) is 2.41. The van der Waals surface area contributed by atoms with Gasteiger partial charge in [0.1, 0.15) is 5.69 Å². The van der Waals surface area contributed by atoms with Crippen molar-refractivity contribution >= 4 is 23.0 Å². The molecule has 0 bridgehead atoms. The SMILES string of the molecule is Cc1ccc(NC(=O)c2cccc([N+](=O)[O-])c2N)cc1. The molecule has 0 spiro atoms. The molecule has 102 valence electrons. The van der Waals surface area contributed by atoms with Crippen LogP contribution in [0, 0.1) is 17.0 Å². The molecule has 0 atom stereocenters. The summed E-state index contributed by atoms with van der Waals surface area (Å²) >= 11 is 0. The topological polar surface area (TPSA) is 98.3 Å². The molecular weight excluding hydrogens is 258 g/mol. The highest BCUT2D eigenvalue weighted by Gasteiger charge is 2.18. The Morgan fingerprint density at radius 2 is 1.85 bits per heavy atom. The number of para-hydroxylation sites is 1. The summed E-state index contributed by atoms with van der Waals surface area (Å²) in [6.45, 7) is 1.93. The number of aryl methyl sites for hydroxylation is 1. The van der Waals surface area contributed by atoms with Crippen LogP contribution in [-0.4, -0.2) is 10.8 Å². The maximum absolute atomic E-state index is 12.1. The zero-order valence-electron chi connectivity index (χ0n) is 10.8. The van der Waals surface area contributed by atoms with Crippen molar-refractivity contribution in [3.05, 3.63) is 63.7 Å². The normalized spacial score (nSPS) is 10.1. The highest BCUT2D eigenvalue weighted by molar-refractivity contribution is 6.08. The number of hydrogen-bond donors (Lipinski definition) is 2. The van der Waals surface area contributed by atoms with Crippen molar-refractivity contribution in [2.24, 2.45) is 0 Å². The third-order valence-corrected chi connectivity index (χ3v) is 2.83. The summed E-state index contributed by atoms with van der Waals surface area (Å²) in [7, 11) is 0. The van der Waals surface area contributed by atoms with E-state index in [2.05, 4.69) is 5.32 Å². The van der Waals surface area contributed by atoms with Gasteiger partial charge in [-0.1, -0.05) is 23.8 Å². The summed E-state index contributed by atoms with van der Waals surface area (Å²) in [6.07, 6.45) is 0. The maximum Gasteiger partial charge on any atom is 0.292 e. The largest absolute Gasteiger partial charge is 0.393 e. The highest BCUT2D eigenvalue weighted by Crippen LogP contribution is 2.25. The van der Waals surface area contributed by atoms with Crippen molar-refractivity contribution in [1.82, 2.24) is 0 Å². The monoisotopic (exact) mass is 271 g/mol. The molecule has 6 heteroatoms. The Kier molecular flexibility index (Phi) is 3.65. The first-order valence-electron chi connectivity index (χ1n) is 5.90. The number of rotatable bonds is 3. The molecule has 1 amide bonds. The first-order chi connectivity index (χ1) is 9.49. The zero-order valence-corrected chi connectivity index (χ0v) is 10.8. The highest BCUT2D eigenvalue weighted by atomic mass is 16.6. The molecule has 20 heavy (non-hydrogen) atoms. The standard InChI is InChI=1S/C14H13N3O3/c1-9-5-7-10(8-6-9)16-14(18)11-3-2-4-12(13(11)15)17(19)20/h2-8H,15H2,1H3,(H,16,18). The first-order valence-corrected chi connectivity index (χ1v) is 5.90. The van der Waals surface area contributed by atoms with Gasteiger partial charge in [-0.15, -0.1) is 0 Å². The fraction of sp³-hybridized carbons (Fsp3) is 0.0714. The van der Waals surface area contributed by atoms with Crippen LogP contribution in [0.3, 0.4) is 0 Å². The molecule has 2 rings (SSSR count). The molecule has 6 nitrogen and oxygen atoms in total. The molecule has 0 aliphatic rings. The minimum atomic E-state index is -0.613. The maximum atomic E-state index is 12.1. The van der Waals surface area contributed by atoms with E-state index < -0.39 is 10.8 Å². The van der Waals surface area contributed by atoms with Crippen LogP contribution < -0.4 is 11.1 Å². The van der Waals surface area contributed by atoms with E-state index in [-0.39, 0.29) is 16.9 Å². The van der Waals surface area contributed by atoms with Crippen LogP contribution in [0.4, 0.5) is 17.1 Å². The van der Waals surface area contributed by atoms with Crippen LogP contribution in [-0.2, 0) is 0 Å². The smallest absolute Gasteiger partial charge is 0.292 e. The molecule has 2 aromatic rings. The number of benzene rings is 2. The number of anilines is 2. The van der Waals surface area contributed by atoms with E-state index in [0.29, 0.717) is 5.69 Å². The number of carbonyl (C=O) groups excluding carboxylic acids is 1. The third kappa shape index (κ3) is 2.74. The second-order valence-electron chi connectivity index (χ2n) is 4.32. The molecule has 0 aliphatic heterocycles. The van der Waals surface area contributed by atoms with Gasteiger partial charge in [0, 0.05) is 11.8 Å². The van der Waals surface area contributed by atoms with Gasteiger partial charge < -0.3 is 11.1 Å². The van der Waals surface area contributed by atoms with Gasteiger partial charge in [-0.3, -0.25) is 14.9 Å². The average molecular weight is 271 g/mol. The van der Waals surface area contributed by atoms with Gasteiger partial charge in [0.2, 0.25) is 0 Å². The van der Waals surface area contributed by atoms with E-state index in [9.17, 15) is 14.9 Å². The van der Waals surface area contributed by atoms with E-state index in [1.165, 1.54) is 18.2 Å². The van der Waals surface area contributed by atoms with Crippen molar-refractivity contribution in [3.63, 3.8) is 0 Å². The molecule has 0 aliphatic carbocycles. The summed E-state index contributed by atoms with van der Waals surface area (Å²) in [5.41, 5.74) is 7.00. The Labute approximate surface area is 115 Å². The van der Waals surface area contributed by atoms with Crippen LogP contribution in [0.1, 0.15) is 15.9 Å². The van der Waals surface area contributed by atoms with Crippen LogP contribution in [0.25, 0.3) is 0 Å². The minimum Gasteiger partial charge on any atom is -0.393 e. The molecule has 0 saturated carbocycles. The van der Waals surface area contributed by atoms with Crippen LogP contribution in [0.5, 0.6) is 0 Å². The number of nitro benzene ring substituents is 1. The lowest BCUT2D eigenvalue weighted by Gasteiger charge is -2.08. The molecule has 0 saturated heterocycles. The number of nitrogens with zero attached hydrogens (tertiary/aromatic N) is 1. The van der Waals surface area contributed by atoms with Gasteiger partial charge in [0.25, 0.3) is 11.6 Å². The summed E-state index contributed by atoms with van der Waals surface area (Å²) < 4.78 is 0. The van der Waals surface area contributed by atoms with E-state index in [1.807, 2.05) is 19.1 Å². The van der Waals surface area contributed by atoms with Crippen molar-refractivity contribution in [2.45, 2.75) is 6.92 Å². The molecule has 0 heterocycles. The molecule has 0 radical (unpaired) electrons. The Bertz CT molecular complexity index is 666. The van der Waals surface area contributed by atoms with Crippen molar-refractivity contribution < 1.29 is 9.72 Å². The third-order valence-electron chi connectivity index (χ3n) is 2.83. The molecule has 0 fully saturated rings. The van der Waals surface area contributed by atoms with Crippen LogP contribution >= 0.6 is 0 Å². The fourth-order valence-electron chi connectivity index (χ4n) is 1.75. The fourth-order valence-corrected chi connectivity index (χ4v) is 1.75. The summed E-state index contributed by atoms with van der Waals surface area (Å²) in [5.74, 6) is -0.477. The van der Waals surface area contributed by atoms with E-state index in [4.69, 9.17) is 5.73 Å².